The smallest absolute Gasteiger partial charge is 0.165 e. The van der Waals surface area contributed by atoms with Gasteiger partial charge in [-0.05, 0) is 0 Å². The van der Waals surface area contributed by atoms with E-state index in [0.717, 1.165) is 0 Å². The van der Waals surface area contributed by atoms with Crippen molar-refractivity contribution in [3.63, 3.8) is 0 Å². The lowest BCUT2D eigenvalue weighted by molar-refractivity contribution is 0.475. The summed E-state index contributed by atoms with van der Waals surface area (Å²) in [7, 11) is 0. The maximum absolute atomic E-state index is 8.95. The van der Waals surface area contributed by atoms with E-state index in [0.29, 0.717) is 5.56 Å². The van der Waals surface area contributed by atoms with Crippen LogP contribution < -0.4 is 5.73 Å². The monoisotopic (exact) mass is 134 g/mol. The summed E-state index contributed by atoms with van der Waals surface area (Å²) in [5.74, 6) is 2.34. The van der Waals surface area contributed by atoms with Gasteiger partial charge in [-0.2, -0.15) is 0 Å². The van der Waals surface area contributed by atoms with Crippen LogP contribution in [0.1, 0.15) is 5.56 Å². The SMILES string of the molecule is C#Cc1cnc(N)c(O)c1. The first-order valence-corrected chi connectivity index (χ1v) is 2.65. The predicted molar refractivity (Wildman–Crippen MR) is 38.2 cm³/mol. The van der Waals surface area contributed by atoms with Gasteiger partial charge in [0.2, 0.25) is 0 Å². The van der Waals surface area contributed by atoms with Crippen molar-refractivity contribution in [1.29, 1.82) is 0 Å². The van der Waals surface area contributed by atoms with Crippen LogP contribution in [-0.4, -0.2) is 10.1 Å². The molecule has 0 bridgehead atoms. The first-order valence-electron chi connectivity index (χ1n) is 2.65. The molecule has 0 atom stereocenters. The Kier molecular flexibility index (Phi) is 1.46. The van der Waals surface area contributed by atoms with Crippen molar-refractivity contribution >= 4 is 5.82 Å². The van der Waals surface area contributed by atoms with E-state index < -0.39 is 0 Å². The van der Waals surface area contributed by atoms with Crippen LogP contribution in [0.25, 0.3) is 0 Å². The van der Waals surface area contributed by atoms with Crippen LogP contribution in [0, 0.1) is 12.3 Å². The van der Waals surface area contributed by atoms with Gasteiger partial charge in [-0.1, -0.05) is 5.92 Å². The Morgan fingerprint density at radius 2 is 2.40 bits per heavy atom. The number of anilines is 1. The number of hydrogen-bond acceptors (Lipinski definition) is 3. The molecule has 3 heteroatoms. The Morgan fingerprint density at radius 3 is 2.90 bits per heavy atom. The Morgan fingerprint density at radius 1 is 1.70 bits per heavy atom. The molecule has 10 heavy (non-hydrogen) atoms. The van der Waals surface area contributed by atoms with Crippen LogP contribution in [0.4, 0.5) is 5.82 Å². The molecule has 0 saturated heterocycles. The van der Waals surface area contributed by atoms with Gasteiger partial charge < -0.3 is 10.8 Å². The molecule has 0 aliphatic carbocycles. The molecule has 1 aromatic rings. The van der Waals surface area contributed by atoms with Gasteiger partial charge in [-0.25, -0.2) is 4.98 Å². The third-order valence-corrected chi connectivity index (χ3v) is 1.06. The van der Waals surface area contributed by atoms with Crippen LogP contribution in [0.5, 0.6) is 5.75 Å². The van der Waals surface area contributed by atoms with E-state index in [1.165, 1.54) is 12.3 Å². The Bertz CT molecular complexity index is 288. The fourth-order valence-corrected chi connectivity index (χ4v) is 0.543. The molecule has 3 N–H and O–H groups in total. The van der Waals surface area contributed by atoms with Crippen molar-refractivity contribution in [2.24, 2.45) is 0 Å². The molecular formula is C7H6N2O. The van der Waals surface area contributed by atoms with Crippen LogP contribution in [-0.2, 0) is 0 Å². The number of hydrogen-bond donors (Lipinski definition) is 2. The minimum absolute atomic E-state index is 0.0737. The summed E-state index contributed by atoms with van der Waals surface area (Å²) < 4.78 is 0. The summed E-state index contributed by atoms with van der Waals surface area (Å²) in [5, 5.41) is 8.95. The highest BCUT2D eigenvalue weighted by atomic mass is 16.3. The number of aromatic nitrogens is 1. The van der Waals surface area contributed by atoms with E-state index in [-0.39, 0.29) is 11.6 Å². The average molecular weight is 134 g/mol. The Hall–Kier alpha value is -1.69. The molecule has 0 aromatic carbocycles. The standard InChI is InChI=1S/C7H6N2O/c1-2-5-3-6(10)7(8)9-4-5/h1,3-4,10H,(H2,8,9). The van der Waals surface area contributed by atoms with Gasteiger partial charge in [0, 0.05) is 17.8 Å². The highest BCUT2D eigenvalue weighted by molar-refractivity contribution is 5.48. The minimum Gasteiger partial charge on any atom is -0.504 e. The van der Waals surface area contributed by atoms with E-state index in [1.54, 1.807) is 0 Å². The molecule has 0 aliphatic rings. The zero-order valence-electron chi connectivity index (χ0n) is 5.20. The van der Waals surface area contributed by atoms with Gasteiger partial charge in [0.25, 0.3) is 0 Å². The fraction of sp³-hybridized carbons (Fsp3) is 0. The largest absolute Gasteiger partial charge is 0.504 e. The highest BCUT2D eigenvalue weighted by Gasteiger charge is 1.96. The molecule has 0 fully saturated rings. The second-order valence-corrected chi connectivity index (χ2v) is 1.77. The molecule has 3 nitrogen and oxygen atoms in total. The van der Waals surface area contributed by atoms with Crippen molar-refractivity contribution in [3.8, 4) is 18.1 Å². The maximum Gasteiger partial charge on any atom is 0.165 e. The molecule has 0 unspecified atom stereocenters. The van der Waals surface area contributed by atoms with E-state index >= 15 is 0 Å². The molecule has 50 valence electrons. The lowest BCUT2D eigenvalue weighted by atomic mass is 10.3. The van der Waals surface area contributed by atoms with Crippen LogP contribution in [0.3, 0.4) is 0 Å². The molecule has 1 rings (SSSR count). The van der Waals surface area contributed by atoms with Crippen LogP contribution >= 0.6 is 0 Å². The van der Waals surface area contributed by atoms with Gasteiger partial charge in [0.15, 0.2) is 11.6 Å². The lowest BCUT2D eigenvalue weighted by Crippen LogP contribution is -1.90. The van der Waals surface area contributed by atoms with Gasteiger partial charge in [0.1, 0.15) is 0 Å². The summed E-state index contributed by atoms with van der Waals surface area (Å²) in [6.45, 7) is 0. The summed E-state index contributed by atoms with van der Waals surface area (Å²) in [6.07, 6.45) is 6.45. The third kappa shape index (κ3) is 1.00. The van der Waals surface area contributed by atoms with E-state index in [2.05, 4.69) is 10.9 Å². The summed E-state index contributed by atoms with van der Waals surface area (Å²) in [4.78, 5) is 3.63. The van der Waals surface area contributed by atoms with Gasteiger partial charge in [0.05, 0.1) is 0 Å². The number of nitrogens with zero attached hydrogens (tertiary/aromatic N) is 1. The van der Waals surface area contributed by atoms with E-state index in [4.69, 9.17) is 17.3 Å². The molecule has 0 spiro atoms. The van der Waals surface area contributed by atoms with Crippen LogP contribution in [0.2, 0.25) is 0 Å². The zero-order valence-corrected chi connectivity index (χ0v) is 5.20. The number of nitrogens with two attached hydrogens (primary N) is 1. The number of terminal acetylenes is 1. The van der Waals surface area contributed by atoms with Crippen molar-refractivity contribution in [2.45, 2.75) is 0 Å². The molecule has 0 aliphatic heterocycles. The predicted octanol–water partition coefficient (Wildman–Crippen LogP) is 0.351. The number of nitrogen functional groups attached to an aromatic ring is 1. The average Bonchev–Trinajstić information content (AvgIpc) is 1.95. The highest BCUT2D eigenvalue weighted by Crippen LogP contribution is 2.16. The summed E-state index contributed by atoms with van der Waals surface area (Å²) in [6, 6.07) is 1.39. The maximum atomic E-state index is 8.95. The normalized spacial score (nSPS) is 8.70. The van der Waals surface area contributed by atoms with Gasteiger partial charge in [-0.15, -0.1) is 6.42 Å². The Balaban J connectivity index is 3.20. The molecule has 0 radical (unpaired) electrons. The quantitative estimate of drug-likeness (QED) is 0.503. The Labute approximate surface area is 58.5 Å². The molecule has 1 aromatic heterocycles. The third-order valence-electron chi connectivity index (χ3n) is 1.06. The van der Waals surface area contributed by atoms with Crippen molar-refractivity contribution in [3.05, 3.63) is 17.8 Å². The first-order chi connectivity index (χ1) is 4.74. The minimum atomic E-state index is -0.0737. The number of rotatable bonds is 0. The fourth-order valence-electron chi connectivity index (χ4n) is 0.543. The molecular weight excluding hydrogens is 128 g/mol. The molecule has 0 saturated carbocycles. The van der Waals surface area contributed by atoms with Crippen molar-refractivity contribution in [1.82, 2.24) is 4.98 Å². The summed E-state index contributed by atoms with van der Waals surface area (Å²) in [5.41, 5.74) is 5.73. The van der Waals surface area contributed by atoms with Crippen molar-refractivity contribution < 1.29 is 5.11 Å². The second kappa shape index (κ2) is 2.28. The van der Waals surface area contributed by atoms with Crippen LogP contribution in [0.15, 0.2) is 12.3 Å². The van der Waals surface area contributed by atoms with Gasteiger partial charge in [-0.3, -0.25) is 0 Å². The molecule has 0 amide bonds. The zero-order chi connectivity index (χ0) is 7.56. The topological polar surface area (TPSA) is 59.1 Å². The van der Waals surface area contributed by atoms with Crippen molar-refractivity contribution in [2.75, 3.05) is 5.73 Å². The summed E-state index contributed by atoms with van der Waals surface area (Å²) >= 11 is 0. The molecule has 1 heterocycles. The van der Waals surface area contributed by atoms with E-state index in [9.17, 15) is 0 Å². The lowest BCUT2D eigenvalue weighted by Gasteiger charge is -1.95. The number of pyridine rings is 1. The number of aromatic hydroxyl groups is 1. The van der Waals surface area contributed by atoms with Gasteiger partial charge >= 0.3 is 0 Å². The van der Waals surface area contributed by atoms with E-state index in [1.807, 2.05) is 0 Å². The first kappa shape index (κ1) is 6.43. The second-order valence-electron chi connectivity index (χ2n) is 1.77.